The maximum atomic E-state index is 11.6. The maximum absolute atomic E-state index is 11.6. The molecule has 3 aromatic heterocycles. The SMILES string of the molecule is O=C/C(Cl)=C/c1c2nc(c(-c3ccccc3)c3ccc([n-]3)c(Cl)c3nc(c(-c4ccccc4)c4ccc1[n-]4)C=C3)C=C2.[Ni+2]. The van der Waals surface area contributed by atoms with Gasteiger partial charge in [-0.15, -0.1) is 22.1 Å². The van der Waals surface area contributed by atoms with Gasteiger partial charge in [0.15, 0.2) is 6.29 Å². The predicted octanol–water partition coefficient (Wildman–Crippen LogP) is 8.68. The van der Waals surface area contributed by atoms with Crippen molar-refractivity contribution in [1.82, 2.24) is 19.9 Å². The molecule has 210 valence electrons. The predicted molar refractivity (Wildman–Crippen MR) is 173 cm³/mol. The van der Waals surface area contributed by atoms with Gasteiger partial charge < -0.3 is 9.97 Å². The summed E-state index contributed by atoms with van der Waals surface area (Å²) in [5.74, 6) is 0. The van der Waals surface area contributed by atoms with Gasteiger partial charge in [-0.05, 0) is 58.2 Å². The second-order valence-corrected chi connectivity index (χ2v) is 10.5. The monoisotopic (exact) mass is 640 g/mol. The number of carbonyl (C=O) groups excluding carboxylic acids is 1. The van der Waals surface area contributed by atoms with Crippen LogP contribution >= 0.6 is 23.2 Å². The molecule has 0 saturated carbocycles. The summed E-state index contributed by atoms with van der Waals surface area (Å²) in [6.45, 7) is 0. The van der Waals surface area contributed by atoms with Gasteiger partial charge in [-0.3, -0.25) is 4.79 Å². The molecule has 5 aromatic rings. The average molecular weight is 642 g/mol. The van der Waals surface area contributed by atoms with Gasteiger partial charge >= 0.3 is 16.5 Å². The van der Waals surface area contributed by atoms with Crippen LogP contribution in [0.25, 0.3) is 74.7 Å². The fourth-order valence-electron chi connectivity index (χ4n) is 5.20. The fourth-order valence-corrected chi connectivity index (χ4v) is 5.52. The molecule has 5 heterocycles. The number of nitrogens with zero attached hydrogens (tertiary/aromatic N) is 4. The zero-order valence-corrected chi connectivity index (χ0v) is 24.8. The van der Waals surface area contributed by atoms with E-state index in [0.29, 0.717) is 50.5 Å². The number of fused-ring (bicyclic) bond motifs is 8. The van der Waals surface area contributed by atoms with E-state index < -0.39 is 0 Å². The Kier molecular flexibility index (Phi) is 8.01. The first-order chi connectivity index (χ1) is 20.6. The zero-order valence-electron chi connectivity index (χ0n) is 22.3. The van der Waals surface area contributed by atoms with Crippen molar-refractivity contribution in [3.8, 4) is 22.3 Å². The molecule has 8 bridgehead atoms. The van der Waals surface area contributed by atoms with Crippen molar-refractivity contribution in [2.24, 2.45) is 0 Å². The van der Waals surface area contributed by atoms with Crippen LogP contribution in [0.2, 0.25) is 5.02 Å². The number of hydrogen-bond acceptors (Lipinski definition) is 3. The van der Waals surface area contributed by atoms with Crippen LogP contribution in [0.15, 0.2) is 90.0 Å². The number of rotatable bonds is 4. The van der Waals surface area contributed by atoms with E-state index in [1.165, 1.54) is 0 Å². The average Bonchev–Trinajstić information content (AvgIpc) is 3.85. The number of carbonyl (C=O) groups is 1. The molecule has 0 unspecified atom stereocenters. The molecule has 7 rings (SSSR count). The summed E-state index contributed by atoms with van der Waals surface area (Å²) in [4.78, 5) is 31.4. The number of halogens is 2. The van der Waals surface area contributed by atoms with Gasteiger partial charge in [0, 0.05) is 0 Å². The molecule has 8 heteroatoms. The van der Waals surface area contributed by atoms with Gasteiger partial charge in [0.25, 0.3) is 0 Å². The molecule has 0 radical (unpaired) electrons. The Morgan fingerprint density at radius 1 is 0.605 bits per heavy atom. The van der Waals surface area contributed by atoms with E-state index in [2.05, 4.69) is 0 Å². The Labute approximate surface area is 267 Å². The molecule has 2 aliphatic rings. The molecule has 0 atom stereocenters. The van der Waals surface area contributed by atoms with Crippen LogP contribution in [0.4, 0.5) is 0 Å². The van der Waals surface area contributed by atoms with Gasteiger partial charge in [0.2, 0.25) is 0 Å². The molecule has 0 fully saturated rings. The minimum Gasteiger partial charge on any atom is -0.657 e. The van der Waals surface area contributed by atoms with E-state index in [9.17, 15) is 4.79 Å². The summed E-state index contributed by atoms with van der Waals surface area (Å²) in [5, 5.41) is 0.499. The Balaban J connectivity index is 0.00000329. The quantitative estimate of drug-likeness (QED) is 0.109. The number of aldehydes is 1. The van der Waals surface area contributed by atoms with Crippen molar-refractivity contribution in [2.45, 2.75) is 0 Å². The first kappa shape index (κ1) is 28.6. The van der Waals surface area contributed by atoms with Gasteiger partial charge in [-0.1, -0.05) is 108 Å². The summed E-state index contributed by atoms with van der Waals surface area (Å²) in [6, 6.07) is 27.6. The van der Waals surface area contributed by atoms with E-state index in [1.54, 1.807) is 6.08 Å². The summed E-state index contributed by atoms with van der Waals surface area (Å²) in [5.41, 5.74) is 9.61. The van der Waals surface area contributed by atoms with Crippen LogP contribution in [-0.2, 0) is 21.3 Å². The van der Waals surface area contributed by atoms with Gasteiger partial charge in [0.05, 0.1) is 32.8 Å². The smallest absolute Gasteiger partial charge is 0.657 e. The van der Waals surface area contributed by atoms with E-state index in [4.69, 9.17) is 43.1 Å². The van der Waals surface area contributed by atoms with Crippen LogP contribution in [0.5, 0.6) is 0 Å². The second kappa shape index (κ2) is 12.0. The van der Waals surface area contributed by atoms with Crippen LogP contribution < -0.4 is 9.97 Å². The third-order valence-corrected chi connectivity index (χ3v) is 7.69. The molecule has 2 aromatic carbocycles. The van der Waals surface area contributed by atoms with Crippen LogP contribution in [-0.4, -0.2) is 16.3 Å². The van der Waals surface area contributed by atoms with Crippen LogP contribution in [0, 0.1) is 0 Å². The molecular formula is C35H20Cl2N4NiO. The molecule has 43 heavy (non-hydrogen) atoms. The third-order valence-electron chi connectivity index (χ3n) is 7.11. The fraction of sp³-hybridized carbons (Fsp3) is 0. The molecule has 5 nitrogen and oxygen atoms in total. The zero-order chi connectivity index (χ0) is 28.6. The Bertz CT molecular complexity index is 2090. The Morgan fingerprint density at radius 2 is 1.07 bits per heavy atom. The standard InChI is InChI=1S/C35H21Cl2N4O.Ni/c36-23(20-42)19-24-25-11-13-27(38-25)33(21-7-3-1-4-8-21)29-15-17-31(40-29)35(37)32-18-16-30(41-32)34(22-9-5-2-6-10-22)28-14-12-26(24)39-28;/h1-20H,(H-,38,39,40,41,42);/q-1;+2/p-1. The van der Waals surface area contributed by atoms with E-state index in [-0.39, 0.29) is 21.5 Å². The molecule has 0 aliphatic carbocycles. The van der Waals surface area contributed by atoms with Gasteiger partial charge in [-0.2, -0.15) is 0 Å². The Morgan fingerprint density at radius 3 is 1.65 bits per heavy atom. The van der Waals surface area contributed by atoms with Crippen molar-refractivity contribution in [2.75, 3.05) is 0 Å². The first-order valence-corrected chi connectivity index (χ1v) is 14.0. The van der Waals surface area contributed by atoms with E-state index in [0.717, 1.165) is 33.5 Å². The molecule has 0 N–H and O–H groups in total. The van der Waals surface area contributed by atoms with Crippen molar-refractivity contribution >= 4 is 81.9 Å². The van der Waals surface area contributed by atoms with Crippen LogP contribution in [0.1, 0.15) is 28.3 Å². The normalized spacial score (nSPS) is 12.3. The van der Waals surface area contributed by atoms with Crippen molar-refractivity contribution in [1.29, 1.82) is 0 Å². The summed E-state index contributed by atoms with van der Waals surface area (Å²) < 4.78 is 0. The number of benzene rings is 2. The second-order valence-electron chi connectivity index (χ2n) is 9.72. The van der Waals surface area contributed by atoms with Gasteiger partial charge in [0.1, 0.15) is 0 Å². The largest absolute Gasteiger partial charge is 2.00 e. The summed E-state index contributed by atoms with van der Waals surface area (Å²) >= 11 is 13.2. The minimum absolute atomic E-state index is 0. The first-order valence-electron chi connectivity index (χ1n) is 13.2. The molecule has 0 saturated heterocycles. The molecular weight excluding hydrogens is 622 g/mol. The topological polar surface area (TPSA) is 71.1 Å². The molecule has 0 spiro atoms. The summed E-state index contributed by atoms with van der Waals surface area (Å²) in [6.07, 6.45) is 9.89. The maximum Gasteiger partial charge on any atom is 2.00 e. The van der Waals surface area contributed by atoms with Crippen LogP contribution in [0.3, 0.4) is 0 Å². The van der Waals surface area contributed by atoms with Crippen molar-refractivity contribution < 1.29 is 21.3 Å². The van der Waals surface area contributed by atoms with Gasteiger partial charge in [-0.25, -0.2) is 9.97 Å². The number of hydrogen-bond donors (Lipinski definition) is 0. The van der Waals surface area contributed by atoms with Crippen molar-refractivity contribution in [3.05, 3.63) is 123 Å². The Hall–Kier alpha value is -4.48. The van der Waals surface area contributed by atoms with E-state index in [1.807, 2.05) is 109 Å². The number of aromatic nitrogens is 4. The molecule has 0 amide bonds. The van der Waals surface area contributed by atoms with E-state index >= 15 is 0 Å². The van der Waals surface area contributed by atoms with Crippen molar-refractivity contribution in [3.63, 3.8) is 0 Å². The molecule has 2 aliphatic heterocycles. The number of allylic oxidation sites excluding steroid dienone is 1. The minimum atomic E-state index is 0. The summed E-state index contributed by atoms with van der Waals surface area (Å²) in [7, 11) is 0. The third kappa shape index (κ3) is 5.41.